The first-order valence-corrected chi connectivity index (χ1v) is 10.7. The molecule has 0 saturated carbocycles. The van der Waals surface area contributed by atoms with E-state index in [-0.39, 0.29) is 23.9 Å². The molecule has 1 aromatic rings. The summed E-state index contributed by atoms with van der Waals surface area (Å²) in [5, 5.41) is 11.5. The van der Waals surface area contributed by atoms with Gasteiger partial charge >= 0.3 is 5.97 Å². The lowest BCUT2D eigenvalue weighted by Crippen LogP contribution is -2.42. The van der Waals surface area contributed by atoms with Crippen LogP contribution in [0.5, 0.6) is 0 Å². The van der Waals surface area contributed by atoms with E-state index in [1.54, 1.807) is 0 Å². The molecule has 8 nitrogen and oxygen atoms in total. The molecule has 0 aliphatic carbocycles. The highest BCUT2D eigenvalue weighted by Gasteiger charge is 2.33. The van der Waals surface area contributed by atoms with E-state index in [0.717, 1.165) is 6.42 Å². The number of benzene rings is 1. The van der Waals surface area contributed by atoms with Crippen molar-refractivity contribution in [1.82, 2.24) is 9.62 Å². The van der Waals surface area contributed by atoms with Gasteiger partial charge in [0.25, 0.3) is 5.91 Å². The summed E-state index contributed by atoms with van der Waals surface area (Å²) in [4.78, 5) is 24.2. The van der Waals surface area contributed by atoms with Crippen LogP contribution in [0, 0.1) is 17.2 Å². The number of nitrogens with one attached hydrogen (secondary N) is 1. The molecule has 1 fully saturated rings. The average Bonchev–Trinajstić information content (AvgIpc) is 2.71. The highest BCUT2D eigenvalue weighted by molar-refractivity contribution is 7.89. The number of carbonyl (C=O) groups excluding carboxylic acids is 2. The van der Waals surface area contributed by atoms with Crippen molar-refractivity contribution in [3.05, 3.63) is 29.8 Å². The summed E-state index contributed by atoms with van der Waals surface area (Å²) in [6.45, 7) is 4.35. The molecule has 1 aromatic carbocycles. The zero-order valence-electron chi connectivity index (χ0n) is 16.1. The molecule has 0 bridgehead atoms. The molecule has 0 aromatic heterocycles. The maximum Gasteiger partial charge on any atom is 0.309 e. The fraction of sp³-hybridized carbons (Fsp3) is 0.526. The number of piperidine rings is 1. The lowest BCUT2D eigenvalue weighted by atomic mass is 9.98. The van der Waals surface area contributed by atoms with E-state index in [9.17, 15) is 18.0 Å². The monoisotopic (exact) mass is 407 g/mol. The van der Waals surface area contributed by atoms with Gasteiger partial charge < -0.3 is 10.1 Å². The first-order chi connectivity index (χ1) is 13.3. The van der Waals surface area contributed by atoms with Gasteiger partial charge in [-0.3, -0.25) is 9.59 Å². The molecule has 1 atom stereocenters. The number of sulfonamides is 1. The number of rotatable bonds is 7. The maximum atomic E-state index is 12.7. The Morgan fingerprint density at radius 1 is 1.29 bits per heavy atom. The second-order valence-electron chi connectivity index (χ2n) is 6.68. The fourth-order valence-electron chi connectivity index (χ4n) is 2.90. The van der Waals surface area contributed by atoms with Gasteiger partial charge in [-0.2, -0.15) is 9.57 Å². The van der Waals surface area contributed by atoms with Gasteiger partial charge in [-0.05, 0) is 50.5 Å². The Balaban J connectivity index is 1.91. The van der Waals surface area contributed by atoms with Crippen molar-refractivity contribution in [2.45, 2.75) is 44.1 Å². The van der Waals surface area contributed by atoms with Crippen LogP contribution in [0.3, 0.4) is 0 Å². The van der Waals surface area contributed by atoms with Gasteiger partial charge in [0.2, 0.25) is 10.0 Å². The molecular weight excluding hydrogens is 382 g/mol. The van der Waals surface area contributed by atoms with Crippen LogP contribution in [0.4, 0.5) is 0 Å². The van der Waals surface area contributed by atoms with E-state index in [1.165, 1.54) is 35.5 Å². The van der Waals surface area contributed by atoms with Gasteiger partial charge in [0.15, 0.2) is 6.10 Å². The molecule has 0 unspecified atom stereocenters. The highest BCUT2D eigenvalue weighted by atomic mass is 32.2. The Morgan fingerprint density at radius 2 is 1.89 bits per heavy atom. The van der Waals surface area contributed by atoms with Crippen LogP contribution in [0.25, 0.3) is 0 Å². The van der Waals surface area contributed by atoms with E-state index in [2.05, 4.69) is 5.32 Å². The number of nitrogens with zero attached hydrogens (tertiary/aromatic N) is 2. The molecule has 2 rings (SSSR count). The summed E-state index contributed by atoms with van der Waals surface area (Å²) < 4.78 is 32.0. The quantitative estimate of drug-likeness (QED) is 0.683. The summed E-state index contributed by atoms with van der Waals surface area (Å²) in [6, 6.07) is 7.69. The van der Waals surface area contributed by atoms with Crippen LogP contribution in [0.15, 0.2) is 29.2 Å². The van der Waals surface area contributed by atoms with Crippen LogP contribution in [-0.4, -0.2) is 50.3 Å². The molecule has 1 amide bonds. The summed E-state index contributed by atoms with van der Waals surface area (Å²) in [6.07, 6.45) is 0.577. The molecule has 0 radical (unpaired) electrons. The molecule has 9 heteroatoms. The van der Waals surface area contributed by atoms with E-state index in [1.807, 2.05) is 13.0 Å². The van der Waals surface area contributed by atoms with Gasteiger partial charge in [0, 0.05) is 19.6 Å². The number of hydrogen-bond donors (Lipinski definition) is 1. The average molecular weight is 407 g/mol. The van der Waals surface area contributed by atoms with Gasteiger partial charge in [-0.25, -0.2) is 8.42 Å². The topological polar surface area (TPSA) is 117 Å². The lowest BCUT2D eigenvalue weighted by Gasteiger charge is -2.30. The highest BCUT2D eigenvalue weighted by Crippen LogP contribution is 2.25. The number of amides is 1. The predicted molar refractivity (Wildman–Crippen MR) is 101 cm³/mol. The minimum absolute atomic E-state index is 0.119. The first kappa shape index (κ1) is 21.9. The number of nitriles is 1. The minimum atomic E-state index is -3.68. The van der Waals surface area contributed by atoms with E-state index in [0.29, 0.717) is 24.9 Å². The van der Waals surface area contributed by atoms with Crippen molar-refractivity contribution >= 4 is 21.9 Å². The Morgan fingerprint density at radius 3 is 2.43 bits per heavy atom. The summed E-state index contributed by atoms with van der Waals surface area (Å²) in [5.41, 5.74) is 0.387. The van der Waals surface area contributed by atoms with Crippen LogP contribution >= 0.6 is 0 Å². The summed E-state index contributed by atoms with van der Waals surface area (Å²) in [7, 11) is -3.68. The Hall–Kier alpha value is -2.44. The van der Waals surface area contributed by atoms with Crippen LogP contribution in [-0.2, 0) is 24.3 Å². The molecule has 28 heavy (non-hydrogen) atoms. The second-order valence-corrected chi connectivity index (χ2v) is 8.62. The third-order valence-electron chi connectivity index (χ3n) is 4.62. The molecule has 0 spiro atoms. The van der Waals surface area contributed by atoms with Gasteiger partial charge in [0.1, 0.15) is 0 Å². The zero-order chi connectivity index (χ0) is 20.7. The first-order valence-electron chi connectivity index (χ1n) is 9.28. The third-order valence-corrected chi connectivity index (χ3v) is 6.53. The van der Waals surface area contributed by atoms with E-state index >= 15 is 0 Å². The zero-order valence-corrected chi connectivity index (χ0v) is 16.9. The second kappa shape index (κ2) is 9.66. The van der Waals surface area contributed by atoms with Crippen molar-refractivity contribution in [3.63, 3.8) is 0 Å². The molecule has 1 N–H and O–H groups in total. The fourth-order valence-corrected chi connectivity index (χ4v) is 4.37. The van der Waals surface area contributed by atoms with Crippen LogP contribution in [0.1, 0.15) is 38.7 Å². The summed E-state index contributed by atoms with van der Waals surface area (Å²) >= 11 is 0. The van der Waals surface area contributed by atoms with Crippen molar-refractivity contribution in [2.24, 2.45) is 5.92 Å². The smallest absolute Gasteiger partial charge is 0.309 e. The molecule has 1 aliphatic rings. The van der Waals surface area contributed by atoms with Crippen LogP contribution < -0.4 is 5.32 Å². The summed E-state index contributed by atoms with van der Waals surface area (Å²) in [5.74, 6) is -1.25. The lowest BCUT2D eigenvalue weighted by molar-refractivity contribution is -0.159. The van der Waals surface area contributed by atoms with Gasteiger partial charge in [-0.15, -0.1) is 0 Å². The Kier molecular flexibility index (Phi) is 7.54. The van der Waals surface area contributed by atoms with Gasteiger partial charge in [-0.1, -0.05) is 6.92 Å². The van der Waals surface area contributed by atoms with Gasteiger partial charge in [0.05, 0.1) is 22.4 Å². The van der Waals surface area contributed by atoms with Crippen molar-refractivity contribution in [2.75, 3.05) is 19.6 Å². The SMILES string of the molecule is CCCNC(=O)[C@@H](C)OC(=O)C1CCN(S(=O)(=O)c2ccc(C#N)cc2)CC1. The van der Waals surface area contributed by atoms with E-state index < -0.39 is 28.0 Å². The number of carbonyl (C=O) groups is 2. The maximum absolute atomic E-state index is 12.7. The predicted octanol–water partition coefficient (Wildman–Crippen LogP) is 1.42. The van der Waals surface area contributed by atoms with Crippen molar-refractivity contribution in [3.8, 4) is 6.07 Å². The molecule has 1 heterocycles. The Labute approximate surface area is 165 Å². The molecule has 1 aliphatic heterocycles. The van der Waals surface area contributed by atoms with Crippen LogP contribution in [0.2, 0.25) is 0 Å². The number of esters is 1. The third kappa shape index (κ3) is 5.30. The molecule has 152 valence electrons. The standard InChI is InChI=1S/C19H25N3O5S/c1-3-10-21-18(23)14(2)27-19(24)16-8-11-22(12-9-16)28(25,26)17-6-4-15(13-20)5-7-17/h4-7,14,16H,3,8-12H2,1-2H3,(H,21,23)/t14-/m1/s1. The largest absolute Gasteiger partial charge is 0.452 e. The van der Waals surface area contributed by atoms with Crippen molar-refractivity contribution in [1.29, 1.82) is 5.26 Å². The molecular formula is C19H25N3O5S. The Bertz CT molecular complexity index is 837. The van der Waals surface area contributed by atoms with E-state index in [4.69, 9.17) is 10.00 Å². The number of hydrogen-bond acceptors (Lipinski definition) is 6. The minimum Gasteiger partial charge on any atom is -0.452 e. The molecule has 1 saturated heterocycles. The van der Waals surface area contributed by atoms with Crippen molar-refractivity contribution < 1.29 is 22.7 Å². The number of ether oxygens (including phenoxy) is 1. The normalized spacial score (nSPS) is 16.8.